The van der Waals surface area contributed by atoms with Gasteiger partial charge in [-0.15, -0.1) is 0 Å². The predicted molar refractivity (Wildman–Crippen MR) is 83.6 cm³/mol. The largest absolute Gasteiger partial charge is 0.330 e. The van der Waals surface area contributed by atoms with Gasteiger partial charge in [0.15, 0.2) is 0 Å². The smallest absolute Gasteiger partial charge is 0.147 e. The quantitative estimate of drug-likeness (QED) is 0.803. The first kappa shape index (κ1) is 13.3. The van der Waals surface area contributed by atoms with Crippen molar-refractivity contribution in [2.24, 2.45) is 5.73 Å². The normalized spacial score (nSPS) is 11.2. The van der Waals surface area contributed by atoms with E-state index in [0.29, 0.717) is 6.54 Å². The zero-order chi connectivity index (χ0) is 14.1. The maximum atomic E-state index is 5.62. The third-order valence-corrected chi connectivity index (χ3v) is 3.76. The molecule has 0 bridgehead atoms. The Hall–Kier alpha value is -1.72. The van der Waals surface area contributed by atoms with Gasteiger partial charge in [0.1, 0.15) is 11.5 Å². The fourth-order valence-electron chi connectivity index (χ4n) is 2.27. The molecule has 2 heterocycles. The number of aryl methyl sites for hydroxylation is 1. The maximum absolute atomic E-state index is 5.62. The van der Waals surface area contributed by atoms with E-state index in [0.717, 1.165) is 39.2 Å². The van der Waals surface area contributed by atoms with Gasteiger partial charge >= 0.3 is 0 Å². The summed E-state index contributed by atoms with van der Waals surface area (Å²) < 4.78 is 3.07. The fraction of sp³-hybridized carbons (Fsp3) is 0.200. The second-order valence-electron chi connectivity index (χ2n) is 4.69. The van der Waals surface area contributed by atoms with Crippen LogP contribution in [0, 0.1) is 6.92 Å². The average molecular weight is 331 g/mol. The summed E-state index contributed by atoms with van der Waals surface area (Å²) >= 11 is 3.50. The molecule has 0 unspecified atom stereocenters. The minimum Gasteiger partial charge on any atom is -0.330 e. The van der Waals surface area contributed by atoms with Crippen molar-refractivity contribution < 1.29 is 0 Å². The van der Waals surface area contributed by atoms with E-state index < -0.39 is 0 Å². The Labute approximate surface area is 125 Å². The molecule has 0 aliphatic carbocycles. The summed E-state index contributed by atoms with van der Waals surface area (Å²) in [6, 6.07) is 8.16. The number of nitrogens with zero attached hydrogens (tertiary/aromatic N) is 3. The first-order valence-electron chi connectivity index (χ1n) is 6.48. The maximum Gasteiger partial charge on any atom is 0.147 e. The Morgan fingerprint density at radius 1 is 1.35 bits per heavy atom. The summed E-state index contributed by atoms with van der Waals surface area (Å²) in [7, 11) is 0. The van der Waals surface area contributed by atoms with E-state index in [1.165, 1.54) is 0 Å². The minimum absolute atomic E-state index is 0.600. The van der Waals surface area contributed by atoms with Gasteiger partial charge in [-0.25, -0.2) is 9.97 Å². The molecule has 1 aromatic carbocycles. The van der Waals surface area contributed by atoms with Gasteiger partial charge in [0, 0.05) is 28.9 Å². The van der Waals surface area contributed by atoms with Gasteiger partial charge in [0.05, 0.1) is 5.69 Å². The summed E-state index contributed by atoms with van der Waals surface area (Å²) in [5.41, 5.74) is 9.67. The van der Waals surface area contributed by atoms with Gasteiger partial charge in [-0.05, 0) is 31.2 Å². The Morgan fingerprint density at radius 3 is 2.95 bits per heavy atom. The van der Waals surface area contributed by atoms with E-state index in [2.05, 4.69) is 33.0 Å². The molecular formula is C15H15BrN4. The third kappa shape index (κ3) is 2.34. The van der Waals surface area contributed by atoms with Crippen LogP contribution >= 0.6 is 15.9 Å². The molecule has 0 saturated carbocycles. The lowest BCUT2D eigenvalue weighted by atomic mass is 10.1. The first-order chi connectivity index (χ1) is 9.69. The van der Waals surface area contributed by atoms with Crippen molar-refractivity contribution in [3.8, 4) is 11.1 Å². The number of aromatic nitrogens is 3. The molecule has 2 aromatic heterocycles. The molecule has 0 aliphatic rings. The summed E-state index contributed by atoms with van der Waals surface area (Å²) in [6.07, 6.45) is 4.68. The van der Waals surface area contributed by atoms with Crippen LogP contribution in [0.5, 0.6) is 0 Å². The lowest BCUT2D eigenvalue weighted by molar-refractivity contribution is 0.933. The molecular weight excluding hydrogens is 316 g/mol. The molecule has 0 atom stereocenters. The van der Waals surface area contributed by atoms with Gasteiger partial charge in [-0.1, -0.05) is 28.1 Å². The highest BCUT2D eigenvalue weighted by Crippen LogP contribution is 2.26. The van der Waals surface area contributed by atoms with Crippen molar-refractivity contribution in [3.63, 3.8) is 0 Å². The van der Waals surface area contributed by atoms with E-state index in [-0.39, 0.29) is 0 Å². The van der Waals surface area contributed by atoms with E-state index in [4.69, 9.17) is 10.7 Å². The number of hydrogen-bond donors (Lipinski definition) is 1. The van der Waals surface area contributed by atoms with Crippen LogP contribution in [0.2, 0.25) is 0 Å². The van der Waals surface area contributed by atoms with Crippen LogP contribution in [-0.2, 0) is 6.42 Å². The molecule has 0 amide bonds. The van der Waals surface area contributed by atoms with Crippen LogP contribution in [0.4, 0.5) is 0 Å². The van der Waals surface area contributed by atoms with Crippen molar-refractivity contribution in [2.75, 3.05) is 6.54 Å². The number of imidazole rings is 1. The van der Waals surface area contributed by atoms with Gasteiger partial charge in [0.25, 0.3) is 0 Å². The number of fused-ring (bicyclic) bond motifs is 1. The van der Waals surface area contributed by atoms with Crippen LogP contribution in [0.25, 0.3) is 16.8 Å². The number of benzene rings is 1. The van der Waals surface area contributed by atoms with Crippen molar-refractivity contribution in [1.82, 2.24) is 14.4 Å². The van der Waals surface area contributed by atoms with E-state index in [1.54, 1.807) is 0 Å². The van der Waals surface area contributed by atoms with Gasteiger partial charge in [-0.3, -0.25) is 4.40 Å². The number of halogens is 1. The Morgan fingerprint density at radius 2 is 2.20 bits per heavy atom. The zero-order valence-corrected chi connectivity index (χ0v) is 12.8. The topological polar surface area (TPSA) is 56.2 Å². The number of hydrogen-bond acceptors (Lipinski definition) is 3. The average Bonchev–Trinajstić information content (AvgIpc) is 2.84. The van der Waals surface area contributed by atoms with E-state index in [1.807, 2.05) is 35.9 Å². The lowest BCUT2D eigenvalue weighted by Gasteiger charge is -2.06. The molecule has 0 aliphatic heterocycles. The summed E-state index contributed by atoms with van der Waals surface area (Å²) in [5.74, 6) is 0.925. The SMILES string of the molecule is Cc1ncc(-c2cccc(Br)c2)c2nc(CCN)cn12. The van der Waals surface area contributed by atoms with Crippen LogP contribution in [0.15, 0.2) is 41.1 Å². The number of rotatable bonds is 3. The minimum atomic E-state index is 0.600. The molecule has 0 fully saturated rings. The molecule has 0 radical (unpaired) electrons. The molecule has 0 spiro atoms. The van der Waals surface area contributed by atoms with Crippen molar-refractivity contribution in [1.29, 1.82) is 0 Å². The van der Waals surface area contributed by atoms with Crippen LogP contribution in [0.3, 0.4) is 0 Å². The fourth-order valence-corrected chi connectivity index (χ4v) is 2.67. The first-order valence-corrected chi connectivity index (χ1v) is 7.28. The van der Waals surface area contributed by atoms with Crippen LogP contribution in [0.1, 0.15) is 11.5 Å². The summed E-state index contributed by atoms with van der Waals surface area (Å²) in [5, 5.41) is 0. The van der Waals surface area contributed by atoms with Gasteiger partial charge in [0.2, 0.25) is 0 Å². The summed E-state index contributed by atoms with van der Waals surface area (Å²) in [4.78, 5) is 9.16. The molecule has 2 N–H and O–H groups in total. The molecule has 0 saturated heterocycles. The van der Waals surface area contributed by atoms with Crippen molar-refractivity contribution in [3.05, 3.63) is 52.7 Å². The van der Waals surface area contributed by atoms with E-state index in [9.17, 15) is 0 Å². The van der Waals surface area contributed by atoms with Gasteiger partial charge in [-0.2, -0.15) is 0 Å². The molecule has 3 rings (SSSR count). The second kappa shape index (κ2) is 5.34. The Balaban J connectivity index is 2.23. The third-order valence-electron chi connectivity index (χ3n) is 3.26. The predicted octanol–water partition coefficient (Wildman–Crippen LogP) is 2.97. The van der Waals surface area contributed by atoms with Crippen molar-refractivity contribution in [2.45, 2.75) is 13.3 Å². The zero-order valence-electron chi connectivity index (χ0n) is 11.2. The monoisotopic (exact) mass is 330 g/mol. The van der Waals surface area contributed by atoms with Crippen LogP contribution in [-0.4, -0.2) is 20.9 Å². The lowest BCUT2D eigenvalue weighted by Crippen LogP contribution is -2.02. The van der Waals surface area contributed by atoms with E-state index >= 15 is 0 Å². The Bertz CT molecular complexity index is 764. The molecule has 102 valence electrons. The van der Waals surface area contributed by atoms with Crippen LogP contribution < -0.4 is 5.73 Å². The highest BCUT2D eigenvalue weighted by atomic mass is 79.9. The van der Waals surface area contributed by atoms with Gasteiger partial charge < -0.3 is 5.73 Å². The molecule has 20 heavy (non-hydrogen) atoms. The Kier molecular flexibility index (Phi) is 3.54. The van der Waals surface area contributed by atoms with Crippen molar-refractivity contribution >= 4 is 21.6 Å². The molecule has 4 nitrogen and oxygen atoms in total. The highest BCUT2D eigenvalue weighted by Gasteiger charge is 2.11. The second-order valence-corrected chi connectivity index (χ2v) is 5.61. The molecule has 3 aromatic rings. The molecule has 5 heteroatoms. The summed E-state index contributed by atoms with van der Waals surface area (Å²) in [6.45, 7) is 2.58. The number of nitrogens with two attached hydrogens (primary N) is 1. The standard InChI is InChI=1S/C15H15BrN4/c1-10-18-8-14(11-3-2-4-12(16)7-11)15-19-13(5-6-17)9-20(10)15/h2-4,7-9H,5-6,17H2,1H3. The highest BCUT2D eigenvalue weighted by molar-refractivity contribution is 9.10.